The van der Waals surface area contributed by atoms with Crippen molar-refractivity contribution in [2.45, 2.75) is 25.4 Å². The maximum absolute atomic E-state index is 11.1. The molecule has 21 heavy (non-hydrogen) atoms. The SMILES string of the molecule is NC(c1ccn(Cc2ccc(Br)cc2[N+](=O)[O-])c1)C1CC1. The number of nitro benzene ring substituents is 1. The Bertz CT molecular complexity index is 679. The van der Waals surface area contributed by atoms with E-state index in [0.717, 1.165) is 5.56 Å². The molecule has 2 N–H and O–H groups in total. The lowest BCUT2D eigenvalue weighted by Crippen LogP contribution is -2.11. The van der Waals surface area contributed by atoms with Crippen LogP contribution < -0.4 is 5.73 Å². The van der Waals surface area contributed by atoms with Crippen molar-refractivity contribution in [1.82, 2.24) is 4.57 Å². The molecule has 1 aromatic carbocycles. The van der Waals surface area contributed by atoms with Crippen molar-refractivity contribution in [3.63, 3.8) is 0 Å². The molecule has 1 aliphatic carbocycles. The lowest BCUT2D eigenvalue weighted by molar-refractivity contribution is -0.385. The highest BCUT2D eigenvalue weighted by molar-refractivity contribution is 9.10. The van der Waals surface area contributed by atoms with Crippen LogP contribution in [0.15, 0.2) is 41.1 Å². The number of benzene rings is 1. The Labute approximate surface area is 131 Å². The molecule has 0 radical (unpaired) electrons. The number of nitro groups is 1. The lowest BCUT2D eigenvalue weighted by atomic mass is 10.1. The second kappa shape index (κ2) is 5.61. The molecule has 1 aromatic heterocycles. The van der Waals surface area contributed by atoms with Gasteiger partial charge in [0.15, 0.2) is 0 Å². The van der Waals surface area contributed by atoms with Gasteiger partial charge in [0.05, 0.1) is 11.5 Å². The smallest absolute Gasteiger partial charge is 0.275 e. The molecule has 1 atom stereocenters. The zero-order chi connectivity index (χ0) is 15.0. The summed E-state index contributed by atoms with van der Waals surface area (Å²) in [5.41, 5.74) is 8.10. The Morgan fingerprint density at radius 3 is 2.86 bits per heavy atom. The van der Waals surface area contributed by atoms with Gasteiger partial charge in [0, 0.05) is 34.5 Å². The average Bonchev–Trinajstić information content (AvgIpc) is 3.20. The second-order valence-electron chi connectivity index (χ2n) is 5.51. The van der Waals surface area contributed by atoms with Gasteiger partial charge in [-0.05, 0) is 42.5 Å². The Balaban J connectivity index is 1.82. The quantitative estimate of drug-likeness (QED) is 0.661. The van der Waals surface area contributed by atoms with Gasteiger partial charge in [0.1, 0.15) is 0 Å². The molecule has 0 spiro atoms. The monoisotopic (exact) mass is 349 g/mol. The summed E-state index contributed by atoms with van der Waals surface area (Å²) in [6.07, 6.45) is 6.33. The van der Waals surface area contributed by atoms with Gasteiger partial charge < -0.3 is 10.3 Å². The van der Waals surface area contributed by atoms with Gasteiger partial charge in [-0.15, -0.1) is 0 Å². The van der Waals surface area contributed by atoms with E-state index in [1.807, 2.05) is 29.1 Å². The first kappa shape index (κ1) is 14.3. The predicted octanol–water partition coefficient (Wildman–Crippen LogP) is 3.62. The number of nitrogens with zero attached hydrogens (tertiary/aromatic N) is 2. The number of rotatable bonds is 5. The summed E-state index contributed by atoms with van der Waals surface area (Å²) in [6.45, 7) is 0.473. The molecular weight excluding hydrogens is 334 g/mol. The second-order valence-corrected chi connectivity index (χ2v) is 6.43. The molecule has 0 amide bonds. The molecule has 1 fully saturated rings. The maximum atomic E-state index is 11.1. The van der Waals surface area contributed by atoms with Crippen LogP contribution in [-0.2, 0) is 6.54 Å². The van der Waals surface area contributed by atoms with E-state index in [9.17, 15) is 10.1 Å². The Hall–Kier alpha value is -1.66. The largest absolute Gasteiger partial charge is 0.349 e. The number of hydrogen-bond acceptors (Lipinski definition) is 3. The normalized spacial score (nSPS) is 15.9. The highest BCUT2D eigenvalue weighted by atomic mass is 79.9. The molecule has 0 bridgehead atoms. The molecular formula is C15H16BrN3O2. The van der Waals surface area contributed by atoms with E-state index < -0.39 is 0 Å². The molecule has 6 heteroatoms. The van der Waals surface area contributed by atoms with Crippen LogP contribution in [0.25, 0.3) is 0 Å². The molecule has 110 valence electrons. The van der Waals surface area contributed by atoms with Crippen molar-refractivity contribution in [3.8, 4) is 0 Å². The van der Waals surface area contributed by atoms with Crippen LogP contribution in [0.4, 0.5) is 5.69 Å². The molecule has 1 heterocycles. The predicted molar refractivity (Wildman–Crippen MR) is 84.0 cm³/mol. The molecule has 1 aliphatic rings. The zero-order valence-electron chi connectivity index (χ0n) is 11.4. The van der Waals surface area contributed by atoms with E-state index >= 15 is 0 Å². The summed E-state index contributed by atoms with van der Waals surface area (Å²) in [5, 5.41) is 11.1. The first-order chi connectivity index (χ1) is 10.0. The Kier molecular flexibility index (Phi) is 3.82. The van der Waals surface area contributed by atoms with E-state index in [1.165, 1.54) is 18.9 Å². The first-order valence-electron chi connectivity index (χ1n) is 6.88. The van der Waals surface area contributed by atoms with Gasteiger partial charge in [-0.25, -0.2) is 0 Å². The molecule has 0 saturated heterocycles. The zero-order valence-corrected chi connectivity index (χ0v) is 13.0. The Morgan fingerprint density at radius 1 is 1.43 bits per heavy atom. The Morgan fingerprint density at radius 2 is 2.19 bits per heavy atom. The summed E-state index contributed by atoms with van der Waals surface area (Å²) in [6, 6.07) is 7.24. The number of halogens is 1. The van der Waals surface area contributed by atoms with Gasteiger partial charge >= 0.3 is 0 Å². The number of nitrogens with two attached hydrogens (primary N) is 1. The van der Waals surface area contributed by atoms with Gasteiger partial charge in [-0.1, -0.05) is 15.9 Å². The van der Waals surface area contributed by atoms with E-state index in [0.29, 0.717) is 22.5 Å². The minimum atomic E-state index is -0.347. The van der Waals surface area contributed by atoms with Crippen molar-refractivity contribution in [2.75, 3.05) is 0 Å². The van der Waals surface area contributed by atoms with Gasteiger partial charge in [0.25, 0.3) is 5.69 Å². The van der Waals surface area contributed by atoms with Crippen molar-refractivity contribution in [3.05, 3.63) is 62.4 Å². The first-order valence-corrected chi connectivity index (χ1v) is 7.68. The van der Waals surface area contributed by atoms with Crippen LogP contribution in [-0.4, -0.2) is 9.49 Å². The van der Waals surface area contributed by atoms with E-state index in [1.54, 1.807) is 6.07 Å². The minimum Gasteiger partial charge on any atom is -0.349 e. The fraction of sp³-hybridized carbons (Fsp3) is 0.333. The highest BCUT2D eigenvalue weighted by Crippen LogP contribution is 2.39. The van der Waals surface area contributed by atoms with Crippen LogP contribution >= 0.6 is 15.9 Å². The van der Waals surface area contributed by atoms with Crippen molar-refractivity contribution >= 4 is 21.6 Å². The maximum Gasteiger partial charge on any atom is 0.275 e. The van der Waals surface area contributed by atoms with Gasteiger partial charge in [0.2, 0.25) is 0 Å². The summed E-state index contributed by atoms with van der Waals surface area (Å²) in [5.74, 6) is 0.600. The average molecular weight is 350 g/mol. The van der Waals surface area contributed by atoms with Crippen LogP contribution in [0.1, 0.15) is 30.0 Å². The van der Waals surface area contributed by atoms with Crippen molar-refractivity contribution < 1.29 is 4.92 Å². The van der Waals surface area contributed by atoms with E-state index in [4.69, 9.17) is 5.73 Å². The third-order valence-electron chi connectivity index (χ3n) is 3.89. The molecule has 3 rings (SSSR count). The summed E-state index contributed by atoms with van der Waals surface area (Å²) < 4.78 is 2.66. The topological polar surface area (TPSA) is 74.1 Å². The lowest BCUT2D eigenvalue weighted by Gasteiger charge is -2.08. The molecule has 1 saturated carbocycles. The fourth-order valence-electron chi connectivity index (χ4n) is 2.52. The molecule has 2 aromatic rings. The van der Waals surface area contributed by atoms with E-state index in [2.05, 4.69) is 15.9 Å². The van der Waals surface area contributed by atoms with Crippen LogP contribution in [0.5, 0.6) is 0 Å². The molecule has 1 unspecified atom stereocenters. The fourth-order valence-corrected chi connectivity index (χ4v) is 2.87. The molecule has 0 aliphatic heterocycles. The van der Waals surface area contributed by atoms with Gasteiger partial charge in [-0.2, -0.15) is 0 Å². The van der Waals surface area contributed by atoms with Crippen LogP contribution in [0.3, 0.4) is 0 Å². The summed E-state index contributed by atoms with van der Waals surface area (Å²) in [7, 11) is 0. The molecule has 5 nitrogen and oxygen atoms in total. The number of hydrogen-bond donors (Lipinski definition) is 1. The third-order valence-corrected chi connectivity index (χ3v) is 4.38. The highest BCUT2D eigenvalue weighted by Gasteiger charge is 2.29. The van der Waals surface area contributed by atoms with E-state index in [-0.39, 0.29) is 16.7 Å². The van der Waals surface area contributed by atoms with Crippen LogP contribution in [0.2, 0.25) is 0 Å². The minimum absolute atomic E-state index is 0.0890. The summed E-state index contributed by atoms with van der Waals surface area (Å²) >= 11 is 3.27. The third kappa shape index (κ3) is 3.16. The standard InChI is InChI=1S/C15H16BrN3O2/c16-13-4-3-11(14(7-13)19(20)21)8-18-6-5-12(9-18)15(17)10-1-2-10/h3-7,9-10,15H,1-2,8,17H2. The van der Waals surface area contributed by atoms with Gasteiger partial charge in [-0.3, -0.25) is 10.1 Å². The summed E-state index contributed by atoms with van der Waals surface area (Å²) in [4.78, 5) is 10.8. The van der Waals surface area contributed by atoms with Crippen LogP contribution in [0, 0.1) is 16.0 Å². The van der Waals surface area contributed by atoms with Crippen molar-refractivity contribution in [1.29, 1.82) is 0 Å². The van der Waals surface area contributed by atoms with Crippen molar-refractivity contribution in [2.24, 2.45) is 11.7 Å². The number of aromatic nitrogens is 1.